The first kappa shape index (κ1) is 20.9. The van der Waals surface area contributed by atoms with Crippen LogP contribution in [0.2, 0.25) is 0 Å². The van der Waals surface area contributed by atoms with Crippen molar-refractivity contribution in [2.75, 3.05) is 5.32 Å². The van der Waals surface area contributed by atoms with E-state index >= 15 is 0 Å². The lowest BCUT2D eigenvalue weighted by molar-refractivity contribution is 0.102. The Hall–Kier alpha value is -2.36. The number of hydrogen-bond acceptors (Lipinski definition) is 2. The fourth-order valence-electron chi connectivity index (χ4n) is 3.40. The van der Waals surface area contributed by atoms with E-state index in [0.29, 0.717) is 5.56 Å². The second-order valence-corrected chi connectivity index (χ2v) is 7.20. The van der Waals surface area contributed by atoms with Crippen molar-refractivity contribution in [2.45, 2.75) is 72.8 Å². The standard InChI is InChI=1S/C23H32N2O2/c1-5-7-9-14-20-22(21(26)16-18(4)25(20)15-8-6-2)23(27)24-19-13-11-10-12-17(19)3/h10-13,16H,5-9,14-15H2,1-4H3,(H,24,27). The molecule has 4 nitrogen and oxygen atoms in total. The van der Waals surface area contributed by atoms with E-state index in [1.807, 2.05) is 38.1 Å². The van der Waals surface area contributed by atoms with Crippen LogP contribution in [0.1, 0.15) is 73.3 Å². The van der Waals surface area contributed by atoms with Gasteiger partial charge in [0, 0.05) is 29.7 Å². The van der Waals surface area contributed by atoms with Crippen LogP contribution >= 0.6 is 0 Å². The molecule has 0 atom stereocenters. The largest absolute Gasteiger partial charge is 0.348 e. The van der Waals surface area contributed by atoms with Crippen LogP contribution in [-0.4, -0.2) is 10.5 Å². The predicted molar refractivity (Wildman–Crippen MR) is 113 cm³/mol. The van der Waals surface area contributed by atoms with Gasteiger partial charge in [0.25, 0.3) is 5.91 Å². The summed E-state index contributed by atoms with van der Waals surface area (Å²) in [6, 6.07) is 9.25. The smallest absolute Gasteiger partial charge is 0.261 e. The van der Waals surface area contributed by atoms with Gasteiger partial charge in [-0.3, -0.25) is 9.59 Å². The Morgan fingerprint density at radius 1 is 1.04 bits per heavy atom. The van der Waals surface area contributed by atoms with E-state index < -0.39 is 0 Å². The summed E-state index contributed by atoms with van der Waals surface area (Å²) in [7, 11) is 0. The van der Waals surface area contributed by atoms with E-state index in [1.54, 1.807) is 6.07 Å². The van der Waals surface area contributed by atoms with Gasteiger partial charge < -0.3 is 9.88 Å². The molecule has 27 heavy (non-hydrogen) atoms. The molecule has 0 aliphatic heterocycles. The van der Waals surface area contributed by atoms with Gasteiger partial charge in [-0.2, -0.15) is 0 Å². The van der Waals surface area contributed by atoms with Crippen molar-refractivity contribution in [3.05, 3.63) is 63.1 Å². The Balaban J connectivity index is 2.46. The van der Waals surface area contributed by atoms with Crippen LogP contribution in [0.5, 0.6) is 0 Å². The molecule has 1 aromatic heterocycles. The minimum Gasteiger partial charge on any atom is -0.348 e. The highest BCUT2D eigenvalue weighted by molar-refractivity contribution is 6.05. The first-order chi connectivity index (χ1) is 13.0. The summed E-state index contributed by atoms with van der Waals surface area (Å²) in [5.41, 5.74) is 3.67. The van der Waals surface area contributed by atoms with E-state index in [-0.39, 0.29) is 11.3 Å². The monoisotopic (exact) mass is 368 g/mol. The molecule has 0 unspecified atom stereocenters. The zero-order valence-electron chi connectivity index (χ0n) is 17.1. The number of anilines is 1. The summed E-state index contributed by atoms with van der Waals surface area (Å²) < 4.78 is 2.17. The number of aromatic nitrogens is 1. The maximum Gasteiger partial charge on any atom is 0.261 e. The molecule has 1 N–H and O–H groups in total. The van der Waals surface area contributed by atoms with Gasteiger partial charge in [0.2, 0.25) is 0 Å². The topological polar surface area (TPSA) is 51.1 Å². The molecule has 4 heteroatoms. The Kier molecular flexibility index (Phi) is 7.83. The third-order valence-corrected chi connectivity index (χ3v) is 5.00. The number of benzene rings is 1. The Morgan fingerprint density at radius 2 is 1.74 bits per heavy atom. The number of carbonyl (C=O) groups is 1. The predicted octanol–water partition coefficient (Wildman–Crippen LogP) is 5.25. The van der Waals surface area contributed by atoms with Crippen molar-refractivity contribution in [3.8, 4) is 0 Å². The highest BCUT2D eigenvalue weighted by Gasteiger charge is 2.20. The second-order valence-electron chi connectivity index (χ2n) is 7.20. The van der Waals surface area contributed by atoms with Gasteiger partial charge in [0.1, 0.15) is 5.56 Å². The molecule has 0 saturated carbocycles. The van der Waals surface area contributed by atoms with E-state index in [2.05, 4.69) is 23.7 Å². The molecule has 0 saturated heterocycles. The molecular weight excluding hydrogens is 336 g/mol. The lowest BCUT2D eigenvalue weighted by atomic mass is 10.0. The van der Waals surface area contributed by atoms with Crippen molar-refractivity contribution >= 4 is 11.6 Å². The molecule has 2 aromatic rings. The summed E-state index contributed by atoms with van der Waals surface area (Å²) >= 11 is 0. The number of unbranched alkanes of at least 4 members (excludes halogenated alkanes) is 3. The van der Waals surface area contributed by atoms with Crippen LogP contribution in [0.4, 0.5) is 5.69 Å². The molecular formula is C23H32N2O2. The minimum absolute atomic E-state index is 0.183. The molecule has 1 amide bonds. The third-order valence-electron chi connectivity index (χ3n) is 5.00. The van der Waals surface area contributed by atoms with Gasteiger partial charge in [0.15, 0.2) is 5.43 Å². The van der Waals surface area contributed by atoms with E-state index in [4.69, 9.17) is 0 Å². The van der Waals surface area contributed by atoms with Crippen molar-refractivity contribution in [2.24, 2.45) is 0 Å². The van der Waals surface area contributed by atoms with Gasteiger partial charge >= 0.3 is 0 Å². The fourth-order valence-corrected chi connectivity index (χ4v) is 3.40. The van der Waals surface area contributed by atoms with Crippen molar-refractivity contribution in [1.29, 1.82) is 0 Å². The average Bonchev–Trinajstić information content (AvgIpc) is 2.63. The summed E-state index contributed by atoms with van der Waals surface area (Å²) in [5, 5.41) is 2.95. The lowest BCUT2D eigenvalue weighted by Crippen LogP contribution is -2.28. The lowest BCUT2D eigenvalue weighted by Gasteiger charge is -2.20. The van der Waals surface area contributed by atoms with Crippen molar-refractivity contribution in [1.82, 2.24) is 4.57 Å². The van der Waals surface area contributed by atoms with Gasteiger partial charge in [-0.1, -0.05) is 51.3 Å². The van der Waals surface area contributed by atoms with Gasteiger partial charge in [-0.25, -0.2) is 0 Å². The van der Waals surface area contributed by atoms with E-state index in [1.165, 1.54) is 0 Å². The van der Waals surface area contributed by atoms with Crippen LogP contribution in [0.15, 0.2) is 35.1 Å². The SMILES string of the molecule is CCCCCc1c(C(=O)Nc2ccccc2C)c(=O)cc(C)n1CCCC. The average molecular weight is 369 g/mol. The number of amides is 1. The number of nitrogens with one attached hydrogen (secondary N) is 1. The molecule has 1 aromatic carbocycles. The van der Waals surface area contributed by atoms with Gasteiger partial charge in [-0.05, 0) is 44.7 Å². The number of nitrogens with zero attached hydrogens (tertiary/aromatic N) is 1. The van der Waals surface area contributed by atoms with Crippen LogP contribution < -0.4 is 10.7 Å². The van der Waals surface area contributed by atoms with Crippen LogP contribution in [0.3, 0.4) is 0 Å². The zero-order chi connectivity index (χ0) is 19.8. The Bertz CT molecular complexity index is 837. The quantitative estimate of drug-likeness (QED) is 0.615. The van der Waals surface area contributed by atoms with E-state index in [0.717, 1.165) is 67.7 Å². The number of pyridine rings is 1. The number of aryl methyl sites for hydroxylation is 2. The van der Waals surface area contributed by atoms with Crippen LogP contribution in [0.25, 0.3) is 0 Å². The van der Waals surface area contributed by atoms with Gasteiger partial charge in [0.05, 0.1) is 0 Å². The summed E-state index contributed by atoms with van der Waals surface area (Å²) in [6.07, 6.45) is 6.04. The van der Waals surface area contributed by atoms with Crippen LogP contribution in [-0.2, 0) is 13.0 Å². The molecule has 0 fully saturated rings. The van der Waals surface area contributed by atoms with Crippen molar-refractivity contribution in [3.63, 3.8) is 0 Å². The molecule has 146 valence electrons. The molecule has 0 aliphatic rings. The maximum atomic E-state index is 13.1. The van der Waals surface area contributed by atoms with E-state index in [9.17, 15) is 9.59 Å². The normalized spacial score (nSPS) is 10.8. The summed E-state index contributed by atoms with van der Waals surface area (Å²) in [4.78, 5) is 25.8. The molecule has 2 rings (SSSR count). The summed E-state index contributed by atoms with van der Waals surface area (Å²) in [5.74, 6) is -0.300. The molecule has 0 spiro atoms. The Labute approximate surface area is 162 Å². The first-order valence-electron chi connectivity index (χ1n) is 10.1. The molecule has 0 bridgehead atoms. The molecule has 0 aliphatic carbocycles. The van der Waals surface area contributed by atoms with Gasteiger partial charge in [-0.15, -0.1) is 0 Å². The zero-order valence-corrected chi connectivity index (χ0v) is 17.1. The van der Waals surface area contributed by atoms with Crippen LogP contribution in [0, 0.1) is 13.8 Å². The first-order valence-corrected chi connectivity index (χ1v) is 10.1. The number of hydrogen-bond donors (Lipinski definition) is 1. The second kappa shape index (κ2) is 10.1. The number of para-hydroxylation sites is 1. The number of rotatable bonds is 9. The summed E-state index contributed by atoms with van der Waals surface area (Å²) in [6.45, 7) is 9.07. The van der Waals surface area contributed by atoms with Crippen molar-refractivity contribution < 1.29 is 4.79 Å². The fraction of sp³-hybridized carbons (Fsp3) is 0.478. The molecule has 0 radical (unpaired) electrons. The Morgan fingerprint density at radius 3 is 2.41 bits per heavy atom. The minimum atomic E-state index is -0.300. The maximum absolute atomic E-state index is 13.1. The highest BCUT2D eigenvalue weighted by Crippen LogP contribution is 2.18. The third kappa shape index (κ3) is 5.31. The number of carbonyl (C=O) groups excluding carboxylic acids is 1. The highest BCUT2D eigenvalue weighted by atomic mass is 16.2. The molecule has 1 heterocycles.